The molecule has 0 radical (unpaired) electrons. The Balaban J connectivity index is 2.12. The van der Waals surface area contributed by atoms with Crippen molar-refractivity contribution in [2.24, 2.45) is 0 Å². The molecule has 1 atom stereocenters. The van der Waals surface area contributed by atoms with Gasteiger partial charge >= 0.3 is 0 Å². The van der Waals surface area contributed by atoms with Crippen molar-refractivity contribution in [3.63, 3.8) is 0 Å². The predicted octanol–water partition coefficient (Wildman–Crippen LogP) is 4.02. The largest absolute Gasteiger partial charge is 0.380 e. The quantitative estimate of drug-likeness (QED) is 0.874. The lowest BCUT2D eigenvalue weighted by molar-refractivity contribution is 0.0935. The van der Waals surface area contributed by atoms with E-state index < -0.39 is 0 Å². The summed E-state index contributed by atoms with van der Waals surface area (Å²) in [6.45, 7) is 4.65. The average Bonchev–Trinajstić information content (AvgIpc) is 2.54. The first-order chi connectivity index (χ1) is 10.6. The maximum absolute atomic E-state index is 12.5. The molecule has 0 aromatic heterocycles. The standard InChI is InChI=1S/C19H23NO2/c1-4-18(16-10-8-14(2)9-11-16)20-19(21)17-7-5-6-15(12-17)13-22-3/h5-12,18H,4,13H2,1-3H3,(H,20,21). The van der Waals surface area contributed by atoms with Crippen molar-refractivity contribution in [1.82, 2.24) is 5.32 Å². The molecule has 0 saturated carbocycles. The van der Waals surface area contributed by atoms with Crippen LogP contribution in [0.2, 0.25) is 0 Å². The minimum absolute atomic E-state index is 0.0270. The van der Waals surface area contributed by atoms with Crippen molar-refractivity contribution >= 4 is 5.91 Å². The number of hydrogen-bond acceptors (Lipinski definition) is 2. The first-order valence-corrected chi connectivity index (χ1v) is 7.59. The second kappa shape index (κ2) is 7.76. The number of amides is 1. The molecule has 0 aliphatic heterocycles. The number of methoxy groups -OCH3 is 1. The Hall–Kier alpha value is -2.13. The average molecular weight is 297 g/mol. The SMILES string of the molecule is CCC(NC(=O)c1cccc(COC)c1)c1ccc(C)cc1. The van der Waals surface area contributed by atoms with Crippen LogP contribution >= 0.6 is 0 Å². The topological polar surface area (TPSA) is 38.3 Å². The highest BCUT2D eigenvalue weighted by atomic mass is 16.5. The van der Waals surface area contributed by atoms with Crippen LogP contribution in [0.25, 0.3) is 0 Å². The molecule has 2 rings (SSSR count). The third-order valence-electron chi connectivity index (χ3n) is 3.69. The van der Waals surface area contributed by atoms with Gasteiger partial charge in [0.1, 0.15) is 0 Å². The third-order valence-corrected chi connectivity index (χ3v) is 3.69. The Morgan fingerprint density at radius 3 is 2.55 bits per heavy atom. The summed E-state index contributed by atoms with van der Waals surface area (Å²) in [7, 11) is 1.65. The molecule has 1 N–H and O–H groups in total. The molecule has 0 saturated heterocycles. The van der Waals surface area contributed by atoms with Crippen LogP contribution in [-0.2, 0) is 11.3 Å². The number of benzene rings is 2. The van der Waals surface area contributed by atoms with Crippen molar-refractivity contribution in [1.29, 1.82) is 0 Å². The van der Waals surface area contributed by atoms with Gasteiger partial charge in [-0.3, -0.25) is 4.79 Å². The van der Waals surface area contributed by atoms with Crippen LogP contribution in [0.3, 0.4) is 0 Å². The van der Waals surface area contributed by atoms with Gasteiger partial charge < -0.3 is 10.1 Å². The molecule has 1 amide bonds. The summed E-state index contributed by atoms with van der Waals surface area (Å²) in [6.07, 6.45) is 0.854. The fourth-order valence-electron chi connectivity index (χ4n) is 2.43. The molecule has 3 heteroatoms. The fraction of sp³-hybridized carbons (Fsp3) is 0.316. The van der Waals surface area contributed by atoms with Gasteiger partial charge in [-0.1, -0.05) is 48.9 Å². The minimum atomic E-state index is -0.0506. The molecule has 0 fully saturated rings. The van der Waals surface area contributed by atoms with E-state index in [2.05, 4.69) is 43.4 Å². The van der Waals surface area contributed by atoms with Crippen LogP contribution in [0, 0.1) is 6.92 Å². The zero-order valence-corrected chi connectivity index (χ0v) is 13.4. The van der Waals surface area contributed by atoms with Crippen molar-refractivity contribution < 1.29 is 9.53 Å². The van der Waals surface area contributed by atoms with Crippen molar-refractivity contribution in [3.8, 4) is 0 Å². The van der Waals surface area contributed by atoms with Gasteiger partial charge in [0, 0.05) is 12.7 Å². The molecule has 116 valence electrons. The van der Waals surface area contributed by atoms with Crippen LogP contribution in [0.4, 0.5) is 0 Å². The monoisotopic (exact) mass is 297 g/mol. The van der Waals surface area contributed by atoms with E-state index in [9.17, 15) is 4.79 Å². The molecular formula is C19H23NO2. The van der Waals surface area contributed by atoms with E-state index >= 15 is 0 Å². The minimum Gasteiger partial charge on any atom is -0.380 e. The van der Waals surface area contributed by atoms with Gasteiger partial charge in [0.05, 0.1) is 12.6 Å². The molecule has 0 aliphatic carbocycles. The number of nitrogens with one attached hydrogen (secondary N) is 1. The Bertz CT molecular complexity index is 620. The van der Waals surface area contributed by atoms with E-state index in [1.807, 2.05) is 24.3 Å². The summed E-state index contributed by atoms with van der Waals surface area (Å²) in [6, 6.07) is 15.9. The lowest BCUT2D eigenvalue weighted by Gasteiger charge is -2.18. The van der Waals surface area contributed by atoms with Crippen LogP contribution in [0.15, 0.2) is 48.5 Å². The van der Waals surface area contributed by atoms with Gasteiger partial charge in [-0.05, 0) is 36.6 Å². The van der Waals surface area contributed by atoms with Crippen LogP contribution in [0.1, 0.15) is 46.4 Å². The molecule has 3 nitrogen and oxygen atoms in total. The highest BCUT2D eigenvalue weighted by molar-refractivity contribution is 5.94. The maximum atomic E-state index is 12.5. The maximum Gasteiger partial charge on any atom is 0.251 e. The van der Waals surface area contributed by atoms with Gasteiger partial charge in [0.25, 0.3) is 5.91 Å². The van der Waals surface area contributed by atoms with Crippen LogP contribution < -0.4 is 5.32 Å². The summed E-state index contributed by atoms with van der Waals surface area (Å²) in [5.41, 5.74) is 4.02. The van der Waals surface area contributed by atoms with Gasteiger partial charge in [-0.25, -0.2) is 0 Å². The molecular weight excluding hydrogens is 274 g/mol. The van der Waals surface area contributed by atoms with E-state index in [4.69, 9.17) is 4.74 Å². The van der Waals surface area contributed by atoms with E-state index in [0.717, 1.165) is 17.5 Å². The molecule has 2 aromatic rings. The zero-order valence-electron chi connectivity index (χ0n) is 13.4. The molecule has 0 aliphatic rings. The Labute approximate surface area is 132 Å². The summed E-state index contributed by atoms with van der Waals surface area (Å²) < 4.78 is 5.11. The second-order valence-electron chi connectivity index (χ2n) is 5.48. The second-order valence-corrected chi connectivity index (χ2v) is 5.48. The Morgan fingerprint density at radius 2 is 1.91 bits per heavy atom. The summed E-state index contributed by atoms with van der Waals surface area (Å²) in [5, 5.41) is 3.11. The predicted molar refractivity (Wildman–Crippen MR) is 88.8 cm³/mol. The highest BCUT2D eigenvalue weighted by Crippen LogP contribution is 2.18. The molecule has 1 unspecified atom stereocenters. The normalized spacial score (nSPS) is 12.0. The lowest BCUT2D eigenvalue weighted by Crippen LogP contribution is -2.28. The van der Waals surface area contributed by atoms with Crippen molar-refractivity contribution in [3.05, 3.63) is 70.8 Å². The van der Waals surface area contributed by atoms with Crippen LogP contribution in [0.5, 0.6) is 0 Å². The number of ether oxygens (including phenoxy) is 1. The van der Waals surface area contributed by atoms with E-state index in [0.29, 0.717) is 12.2 Å². The van der Waals surface area contributed by atoms with E-state index in [1.165, 1.54) is 5.56 Å². The molecule has 0 heterocycles. The number of carbonyl (C=O) groups excluding carboxylic acids is 1. The smallest absolute Gasteiger partial charge is 0.251 e. The number of rotatable bonds is 6. The highest BCUT2D eigenvalue weighted by Gasteiger charge is 2.14. The number of hydrogen-bond donors (Lipinski definition) is 1. The van der Waals surface area contributed by atoms with Gasteiger partial charge in [-0.2, -0.15) is 0 Å². The van der Waals surface area contributed by atoms with Crippen molar-refractivity contribution in [2.45, 2.75) is 32.9 Å². The third kappa shape index (κ3) is 4.18. The Kier molecular flexibility index (Phi) is 5.73. The number of aryl methyl sites for hydroxylation is 1. The Morgan fingerprint density at radius 1 is 1.18 bits per heavy atom. The summed E-state index contributed by atoms with van der Waals surface area (Å²) in [5.74, 6) is -0.0506. The van der Waals surface area contributed by atoms with Gasteiger partial charge in [0.15, 0.2) is 0 Å². The lowest BCUT2D eigenvalue weighted by atomic mass is 10.0. The molecule has 0 bridgehead atoms. The summed E-state index contributed by atoms with van der Waals surface area (Å²) in [4.78, 5) is 12.5. The van der Waals surface area contributed by atoms with Gasteiger partial charge in [-0.15, -0.1) is 0 Å². The zero-order chi connectivity index (χ0) is 15.9. The van der Waals surface area contributed by atoms with Crippen molar-refractivity contribution in [2.75, 3.05) is 7.11 Å². The van der Waals surface area contributed by atoms with E-state index in [1.54, 1.807) is 7.11 Å². The molecule has 22 heavy (non-hydrogen) atoms. The first kappa shape index (κ1) is 16.2. The molecule has 2 aromatic carbocycles. The molecule has 0 spiro atoms. The fourth-order valence-corrected chi connectivity index (χ4v) is 2.43. The van der Waals surface area contributed by atoms with E-state index in [-0.39, 0.29) is 11.9 Å². The first-order valence-electron chi connectivity index (χ1n) is 7.59. The summed E-state index contributed by atoms with van der Waals surface area (Å²) >= 11 is 0. The van der Waals surface area contributed by atoms with Crippen LogP contribution in [-0.4, -0.2) is 13.0 Å². The van der Waals surface area contributed by atoms with Gasteiger partial charge in [0.2, 0.25) is 0 Å². The number of carbonyl (C=O) groups is 1.